The molecule has 1 aromatic heterocycles. The highest BCUT2D eigenvalue weighted by atomic mass is 79.9. The van der Waals surface area contributed by atoms with E-state index in [2.05, 4.69) is 31.5 Å². The van der Waals surface area contributed by atoms with Crippen LogP contribution in [0.4, 0.5) is 11.5 Å². The predicted molar refractivity (Wildman–Crippen MR) is 85.4 cm³/mol. The van der Waals surface area contributed by atoms with Crippen molar-refractivity contribution in [1.29, 1.82) is 0 Å². The minimum absolute atomic E-state index is 0.227. The maximum absolute atomic E-state index is 12.2. The summed E-state index contributed by atoms with van der Waals surface area (Å²) in [5.41, 5.74) is 3.30. The number of rotatable bonds is 3. The minimum Gasteiger partial charge on any atom is -0.373 e. The van der Waals surface area contributed by atoms with Gasteiger partial charge in [-0.15, -0.1) is 0 Å². The van der Waals surface area contributed by atoms with Crippen molar-refractivity contribution in [1.82, 2.24) is 4.98 Å². The molecule has 0 saturated heterocycles. The summed E-state index contributed by atoms with van der Waals surface area (Å²) in [6, 6.07) is 9.29. The van der Waals surface area contributed by atoms with Crippen LogP contribution in [0.5, 0.6) is 0 Å². The lowest BCUT2D eigenvalue weighted by Crippen LogP contribution is -2.15. The van der Waals surface area contributed by atoms with Gasteiger partial charge in [0, 0.05) is 11.5 Å². The third-order valence-electron chi connectivity index (χ3n) is 2.91. The Balaban J connectivity index is 2.28. The Morgan fingerprint density at radius 2 is 2.00 bits per heavy atom. The topological polar surface area (TPSA) is 54.0 Å². The molecule has 4 nitrogen and oxygen atoms in total. The second kappa shape index (κ2) is 6.05. The molecule has 0 atom stereocenters. The number of pyridine rings is 1. The highest BCUT2D eigenvalue weighted by molar-refractivity contribution is 9.10. The van der Waals surface area contributed by atoms with Crippen LogP contribution in [0.15, 0.2) is 34.8 Å². The van der Waals surface area contributed by atoms with Crippen molar-refractivity contribution in [2.45, 2.75) is 13.8 Å². The lowest BCUT2D eigenvalue weighted by Gasteiger charge is -2.12. The normalized spacial score (nSPS) is 10.2. The second-order valence-corrected chi connectivity index (χ2v) is 5.41. The van der Waals surface area contributed by atoms with E-state index >= 15 is 0 Å². The SMILES string of the molecule is CNc1cccc(C(=O)Nc2c(C)cc(C)cc2Br)n1. The van der Waals surface area contributed by atoms with E-state index in [9.17, 15) is 4.79 Å². The van der Waals surface area contributed by atoms with Crippen LogP contribution in [0.2, 0.25) is 0 Å². The van der Waals surface area contributed by atoms with Crippen molar-refractivity contribution in [2.24, 2.45) is 0 Å². The van der Waals surface area contributed by atoms with Crippen LogP contribution < -0.4 is 10.6 Å². The largest absolute Gasteiger partial charge is 0.373 e. The summed E-state index contributed by atoms with van der Waals surface area (Å²) in [6.07, 6.45) is 0. The Labute approximate surface area is 126 Å². The van der Waals surface area contributed by atoms with E-state index in [4.69, 9.17) is 0 Å². The van der Waals surface area contributed by atoms with Gasteiger partial charge in [0.2, 0.25) is 0 Å². The molecule has 0 radical (unpaired) electrons. The lowest BCUT2D eigenvalue weighted by molar-refractivity contribution is 0.102. The van der Waals surface area contributed by atoms with Crippen LogP contribution in [0.1, 0.15) is 21.6 Å². The first-order chi connectivity index (χ1) is 9.51. The van der Waals surface area contributed by atoms with Crippen LogP contribution in [0.25, 0.3) is 0 Å². The van der Waals surface area contributed by atoms with Gasteiger partial charge in [0.1, 0.15) is 11.5 Å². The van der Waals surface area contributed by atoms with Gasteiger partial charge in [0.05, 0.1) is 5.69 Å². The highest BCUT2D eigenvalue weighted by Crippen LogP contribution is 2.28. The van der Waals surface area contributed by atoms with Crippen molar-refractivity contribution < 1.29 is 4.79 Å². The molecule has 2 aromatic rings. The maximum Gasteiger partial charge on any atom is 0.274 e. The number of carbonyl (C=O) groups excluding carboxylic acids is 1. The molecule has 2 rings (SSSR count). The number of halogens is 1. The molecule has 0 aliphatic rings. The number of aryl methyl sites for hydroxylation is 2. The summed E-state index contributed by atoms with van der Waals surface area (Å²) >= 11 is 3.48. The van der Waals surface area contributed by atoms with Crippen LogP contribution in [0, 0.1) is 13.8 Å². The fourth-order valence-corrected chi connectivity index (χ4v) is 2.72. The predicted octanol–water partition coefficient (Wildman–Crippen LogP) is 3.75. The van der Waals surface area contributed by atoms with Gasteiger partial charge < -0.3 is 10.6 Å². The monoisotopic (exact) mass is 333 g/mol. The van der Waals surface area contributed by atoms with Gasteiger partial charge in [-0.1, -0.05) is 12.1 Å². The Hall–Kier alpha value is -1.88. The van der Waals surface area contributed by atoms with Crippen LogP contribution in [-0.4, -0.2) is 17.9 Å². The molecule has 1 aromatic carbocycles. The fourth-order valence-electron chi connectivity index (χ4n) is 1.95. The Morgan fingerprint density at radius 3 is 2.65 bits per heavy atom. The van der Waals surface area contributed by atoms with Crippen LogP contribution in [0.3, 0.4) is 0 Å². The molecule has 1 amide bonds. The number of aromatic nitrogens is 1. The second-order valence-electron chi connectivity index (χ2n) is 4.55. The molecule has 5 heteroatoms. The number of nitrogens with zero attached hydrogens (tertiary/aromatic N) is 1. The summed E-state index contributed by atoms with van der Waals surface area (Å²) < 4.78 is 0.869. The number of hydrogen-bond acceptors (Lipinski definition) is 3. The average Bonchev–Trinajstić information content (AvgIpc) is 2.42. The van der Waals surface area contributed by atoms with E-state index in [1.807, 2.05) is 32.0 Å². The third kappa shape index (κ3) is 3.17. The zero-order valence-electron chi connectivity index (χ0n) is 11.6. The number of carbonyl (C=O) groups is 1. The molecule has 0 aliphatic carbocycles. The summed E-state index contributed by atoms with van der Waals surface area (Å²) in [5, 5.41) is 5.81. The molecule has 20 heavy (non-hydrogen) atoms. The van der Waals surface area contributed by atoms with E-state index in [1.165, 1.54) is 0 Å². The average molecular weight is 334 g/mol. The molecular weight excluding hydrogens is 318 g/mol. The molecule has 0 fully saturated rings. The van der Waals surface area contributed by atoms with E-state index in [0.717, 1.165) is 21.3 Å². The van der Waals surface area contributed by atoms with Crippen molar-refractivity contribution in [2.75, 3.05) is 17.7 Å². The van der Waals surface area contributed by atoms with Crippen molar-refractivity contribution in [3.8, 4) is 0 Å². The molecule has 104 valence electrons. The van der Waals surface area contributed by atoms with Gasteiger partial charge in [-0.2, -0.15) is 0 Å². The van der Waals surface area contributed by atoms with Crippen LogP contribution >= 0.6 is 15.9 Å². The minimum atomic E-state index is -0.227. The van der Waals surface area contributed by atoms with Gasteiger partial charge in [-0.3, -0.25) is 4.79 Å². The number of amides is 1. The summed E-state index contributed by atoms with van der Waals surface area (Å²) in [6.45, 7) is 3.98. The first-order valence-electron chi connectivity index (χ1n) is 6.24. The molecular formula is C15H16BrN3O. The standard InChI is InChI=1S/C15H16BrN3O/c1-9-7-10(2)14(11(16)8-9)19-15(20)12-5-4-6-13(17-3)18-12/h4-8H,1-3H3,(H,17,18)(H,19,20). The molecule has 0 aliphatic heterocycles. The Bertz CT molecular complexity index is 632. The van der Waals surface area contributed by atoms with Crippen molar-refractivity contribution >= 4 is 33.3 Å². The number of hydrogen-bond donors (Lipinski definition) is 2. The highest BCUT2D eigenvalue weighted by Gasteiger charge is 2.12. The quantitative estimate of drug-likeness (QED) is 0.899. The Morgan fingerprint density at radius 1 is 1.25 bits per heavy atom. The summed E-state index contributed by atoms with van der Waals surface area (Å²) in [5.74, 6) is 0.437. The van der Waals surface area contributed by atoms with Gasteiger partial charge in [0.25, 0.3) is 5.91 Å². The van der Waals surface area contributed by atoms with Crippen LogP contribution in [-0.2, 0) is 0 Å². The van der Waals surface area contributed by atoms with E-state index in [-0.39, 0.29) is 5.91 Å². The number of nitrogens with one attached hydrogen (secondary N) is 2. The molecule has 2 N–H and O–H groups in total. The first-order valence-corrected chi connectivity index (χ1v) is 7.03. The van der Waals surface area contributed by atoms with Gasteiger partial charge >= 0.3 is 0 Å². The zero-order chi connectivity index (χ0) is 14.7. The van der Waals surface area contributed by atoms with Gasteiger partial charge in [-0.25, -0.2) is 4.98 Å². The summed E-state index contributed by atoms with van der Waals surface area (Å²) in [4.78, 5) is 16.5. The van der Waals surface area contributed by atoms with Crippen molar-refractivity contribution in [3.63, 3.8) is 0 Å². The molecule has 1 heterocycles. The summed E-state index contributed by atoms with van der Waals surface area (Å²) in [7, 11) is 1.77. The number of anilines is 2. The molecule has 0 saturated carbocycles. The third-order valence-corrected chi connectivity index (χ3v) is 3.53. The molecule has 0 bridgehead atoms. The maximum atomic E-state index is 12.2. The lowest BCUT2D eigenvalue weighted by atomic mass is 10.1. The molecule has 0 spiro atoms. The van der Waals surface area contributed by atoms with Gasteiger partial charge in [-0.05, 0) is 59.1 Å². The van der Waals surface area contributed by atoms with E-state index in [1.54, 1.807) is 19.2 Å². The molecule has 0 unspecified atom stereocenters. The Kier molecular flexibility index (Phi) is 4.39. The van der Waals surface area contributed by atoms with E-state index < -0.39 is 0 Å². The van der Waals surface area contributed by atoms with E-state index in [0.29, 0.717) is 11.5 Å². The van der Waals surface area contributed by atoms with Gasteiger partial charge in [0.15, 0.2) is 0 Å². The number of benzene rings is 1. The van der Waals surface area contributed by atoms with Crippen molar-refractivity contribution in [3.05, 3.63) is 51.6 Å². The zero-order valence-corrected chi connectivity index (χ0v) is 13.2. The smallest absolute Gasteiger partial charge is 0.274 e. The first kappa shape index (κ1) is 14.5. The fraction of sp³-hybridized carbons (Fsp3) is 0.200.